The van der Waals surface area contributed by atoms with E-state index in [1.54, 1.807) is 6.07 Å². The molecule has 1 amide bonds. The number of benzene rings is 3. The predicted molar refractivity (Wildman–Crippen MR) is 111 cm³/mol. The zero-order valence-corrected chi connectivity index (χ0v) is 16.8. The Morgan fingerprint density at radius 1 is 0.966 bits per heavy atom. The number of rotatable bonds is 6. The third-order valence-corrected chi connectivity index (χ3v) is 5.81. The number of hydrogen-bond donors (Lipinski definition) is 2. The molecule has 3 rings (SSSR count). The van der Waals surface area contributed by atoms with E-state index in [4.69, 9.17) is 0 Å². The van der Waals surface area contributed by atoms with Crippen LogP contribution in [0.5, 0.6) is 0 Å². The summed E-state index contributed by atoms with van der Waals surface area (Å²) in [4.78, 5) is 12.5. The highest BCUT2D eigenvalue weighted by Gasteiger charge is 2.18. The van der Waals surface area contributed by atoms with E-state index in [1.807, 2.05) is 38.1 Å². The number of carbonyl (C=O) groups is 1. The van der Waals surface area contributed by atoms with Crippen molar-refractivity contribution in [2.75, 3.05) is 4.72 Å². The minimum atomic E-state index is -3.92. The Hall–Kier alpha value is -3.19. The van der Waals surface area contributed by atoms with Crippen LogP contribution in [0.1, 0.15) is 34.5 Å². The molecule has 0 bridgehead atoms. The second-order valence-electron chi connectivity index (χ2n) is 6.75. The molecular formula is C22H21FN2O3S. The molecule has 0 unspecified atom stereocenters. The van der Waals surface area contributed by atoms with Crippen LogP contribution >= 0.6 is 0 Å². The molecule has 0 aliphatic rings. The number of hydrogen-bond acceptors (Lipinski definition) is 3. The van der Waals surface area contributed by atoms with Gasteiger partial charge in [0.1, 0.15) is 5.82 Å². The van der Waals surface area contributed by atoms with Gasteiger partial charge < -0.3 is 5.32 Å². The summed E-state index contributed by atoms with van der Waals surface area (Å²) < 4.78 is 40.6. The van der Waals surface area contributed by atoms with Crippen molar-refractivity contribution >= 4 is 21.6 Å². The first kappa shape index (κ1) is 20.5. The number of nitrogens with one attached hydrogen (secondary N) is 2. The molecule has 0 aromatic heterocycles. The molecule has 3 aromatic rings. The Balaban J connectivity index is 1.76. The van der Waals surface area contributed by atoms with E-state index >= 15 is 0 Å². The van der Waals surface area contributed by atoms with Crippen LogP contribution in [0.25, 0.3) is 0 Å². The first-order chi connectivity index (χ1) is 13.7. The van der Waals surface area contributed by atoms with E-state index in [0.717, 1.165) is 23.3 Å². The van der Waals surface area contributed by atoms with E-state index in [9.17, 15) is 17.6 Å². The number of amides is 1. The lowest BCUT2D eigenvalue weighted by Gasteiger charge is -2.15. The molecule has 0 spiro atoms. The number of carbonyl (C=O) groups excluding carboxylic acids is 1. The number of anilines is 1. The topological polar surface area (TPSA) is 75.3 Å². The van der Waals surface area contributed by atoms with Crippen LogP contribution in [0.2, 0.25) is 0 Å². The summed E-state index contributed by atoms with van der Waals surface area (Å²) in [5.41, 5.74) is 2.53. The fourth-order valence-electron chi connectivity index (χ4n) is 2.75. The highest BCUT2D eigenvalue weighted by molar-refractivity contribution is 7.92. The molecule has 0 aliphatic carbocycles. The number of aryl methyl sites for hydroxylation is 1. The Kier molecular flexibility index (Phi) is 5.98. The highest BCUT2D eigenvalue weighted by atomic mass is 32.2. The lowest BCUT2D eigenvalue weighted by atomic mass is 10.1. The molecule has 7 heteroatoms. The average molecular weight is 412 g/mol. The maximum atomic E-state index is 13.0. The lowest BCUT2D eigenvalue weighted by Crippen LogP contribution is -2.27. The van der Waals surface area contributed by atoms with Crippen molar-refractivity contribution in [3.05, 3.63) is 95.3 Å². The van der Waals surface area contributed by atoms with E-state index in [-0.39, 0.29) is 28.1 Å². The fraction of sp³-hybridized carbons (Fsp3) is 0.136. The summed E-state index contributed by atoms with van der Waals surface area (Å²) in [6.07, 6.45) is 0. The standard InChI is InChI=1S/C22H21FN2O3S/c1-15-6-8-17(9-7-15)16(2)24-22(26)18-4-3-5-21(14-18)29(27,28)25-20-12-10-19(23)11-13-20/h3-14,16,25H,1-2H3,(H,24,26)/t16-/m0/s1. The highest BCUT2D eigenvalue weighted by Crippen LogP contribution is 2.19. The van der Waals surface area contributed by atoms with E-state index in [0.29, 0.717) is 0 Å². The van der Waals surface area contributed by atoms with Gasteiger partial charge in [0.15, 0.2) is 0 Å². The van der Waals surface area contributed by atoms with Crippen LogP contribution in [0.3, 0.4) is 0 Å². The Morgan fingerprint density at radius 3 is 2.28 bits per heavy atom. The third-order valence-electron chi connectivity index (χ3n) is 4.43. The molecule has 2 N–H and O–H groups in total. The van der Waals surface area contributed by atoms with Gasteiger partial charge in [-0.05, 0) is 61.9 Å². The van der Waals surface area contributed by atoms with E-state index in [2.05, 4.69) is 10.0 Å². The monoisotopic (exact) mass is 412 g/mol. The molecule has 150 valence electrons. The van der Waals surface area contributed by atoms with Crippen molar-refractivity contribution < 1.29 is 17.6 Å². The maximum absolute atomic E-state index is 13.0. The third kappa shape index (κ3) is 5.20. The maximum Gasteiger partial charge on any atom is 0.261 e. The Morgan fingerprint density at radius 2 is 1.62 bits per heavy atom. The van der Waals surface area contributed by atoms with Crippen molar-refractivity contribution in [1.29, 1.82) is 0 Å². The number of halogens is 1. The van der Waals surface area contributed by atoms with Crippen LogP contribution in [-0.2, 0) is 10.0 Å². The first-order valence-corrected chi connectivity index (χ1v) is 10.5. The minimum absolute atomic E-state index is 0.0579. The second-order valence-corrected chi connectivity index (χ2v) is 8.43. The van der Waals surface area contributed by atoms with Crippen molar-refractivity contribution in [3.63, 3.8) is 0 Å². The molecule has 5 nitrogen and oxygen atoms in total. The van der Waals surface area contributed by atoms with Gasteiger partial charge in [-0.2, -0.15) is 0 Å². The van der Waals surface area contributed by atoms with Crippen LogP contribution < -0.4 is 10.0 Å². The van der Waals surface area contributed by atoms with Gasteiger partial charge in [0.25, 0.3) is 15.9 Å². The van der Waals surface area contributed by atoms with Gasteiger partial charge in [0.05, 0.1) is 10.9 Å². The van der Waals surface area contributed by atoms with Gasteiger partial charge in [-0.15, -0.1) is 0 Å². The quantitative estimate of drug-likeness (QED) is 0.629. The van der Waals surface area contributed by atoms with Crippen molar-refractivity contribution in [2.24, 2.45) is 0 Å². The van der Waals surface area contributed by atoms with Crippen LogP contribution in [0, 0.1) is 12.7 Å². The average Bonchev–Trinajstić information content (AvgIpc) is 2.70. The summed E-state index contributed by atoms with van der Waals surface area (Å²) in [7, 11) is -3.92. The van der Waals surface area contributed by atoms with Gasteiger partial charge in [-0.3, -0.25) is 9.52 Å². The SMILES string of the molecule is Cc1ccc([C@H](C)NC(=O)c2cccc(S(=O)(=O)Nc3ccc(F)cc3)c2)cc1. The fourth-order valence-corrected chi connectivity index (χ4v) is 3.86. The van der Waals surface area contributed by atoms with Crippen LogP contribution in [-0.4, -0.2) is 14.3 Å². The zero-order valence-electron chi connectivity index (χ0n) is 16.0. The molecule has 29 heavy (non-hydrogen) atoms. The molecule has 0 heterocycles. The first-order valence-electron chi connectivity index (χ1n) is 9.00. The number of sulfonamides is 1. The summed E-state index contributed by atoms with van der Waals surface area (Å²) >= 11 is 0. The van der Waals surface area contributed by atoms with Crippen molar-refractivity contribution in [2.45, 2.75) is 24.8 Å². The zero-order chi connectivity index (χ0) is 21.0. The molecular weight excluding hydrogens is 391 g/mol. The van der Waals surface area contributed by atoms with Crippen LogP contribution in [0.4, 0.5) is 10.1 Å². The Bertz CT molecular complexity index is 1110. The molecule has 0 aliphatic heterocycles. The summed E-state index contributed by atoms with van der Waals surface area (Å²) in [5, 5.41) is 2.87. The molecule has 0 saturated carbocycles. The molecule has 3 aromatic carbocycles. The smallest absolute Gasteiger partial charge is 0.261 e. The van der Waals surface area contributed by atoms with Gasteiger partial charge in [-0.25, -0.2) is 12.8 Å². The minimum Gasteiger partial charge on any atom is -0.346 e. The van der Waals surface area contributed by atoms with E-state index < -0.39 is 15.8 Å². The van der Waals surface area contributed by atoms with Gasteiger partial charge in [-0.1, -0.05) is 35.9 Å². The largest absolute Gasteiger partial charge is 0.346 e. The van der Waals surface area contributed by atoms with Crippen molar-refractivity contribution in [1.82, 2.24) is 5.32 Å². The molecule has 1 atom stereocenters. The molecule has 0 fully saturated rings. The Labute approximate surface area is 169 Å². The predicted octanol–water partition coefficient (Wildman–Crippen LogP) is 4.43. The van der Waals surface area contributed by atoms with E-state index in [1.165, 1.54) is 30.3 Å². The van der Waals surface area contributed by atoms with Crippen LogP contribution in [0.15, 0.2) is 77.7 Å². The van der Waals surface area contributed by atoms with Gasteiger partial charge >= 0.3 is 0 Å². The second kappa shape index (κ2) is 8.45. The van der Waals surface area contributed by atoms with Crippen molar-refractivity contribution in [3.8, 4) is 0 Å². The normalized spacial score (nSPS) is 12.2. The lowest BCUT2D eigenvalue weighted by molar-refractivity contribution is 0.0939. The summed E-state index contributed by atoms with van der Waals surface area (Å²) in [6, 6.07) is 18.3. The summed E-state index contributed by atoms with van der Waals surface area (Å²) in [6.45, 7) is 3.85. The van der Waals surface area contributed by atoms with Gasteiger partial charge in [0.2, 0.25) is 0 Å². The molecule has 0 radical (unpaired) electrons. The summed E-state index contributed by atoms with van der Waals surface area (Å²) in [5.74, 6) is -0.841. The van der Waals surface area contributed by atoms with Gasteiger partial charge in [0, 0.05) is 11.3 Å². The molecule has 0 saturated heterocycles.